The molecule has 3 fully saturated rings. The SMILES string of the molecule is Cn1cnc(-c2cc(O)c(-c3cnc(N(C4CC4)C4C[C@H]5CC[C@H](N5)C4F)cn3)cc2F)cc1=O. The molecule has 2 aromatic heterocycles. The summed E-state index contributed by atoms with van der Waals surface area (Å²) in [6.45, 7) is 0. The first-order valence-corrected chi connectivity index (χ1v) is 12.0. The molecule has 2 aliphatic heterocycles. The fourth-order valence-corrected chi connectivity index (χ4v) is 5.39. The number of rotatable bonds is 5. The Morgan fingerprint density at radius 2 is 1.89 bits per heavy atom. The zero-order valence-electron chi connectivity index (χ0n) is 19.2. The number of alkyl halides is 1. The summed E-state index contributed by atoms with van der Waals surface area (Å²) in [6.07, 6.45) is 7.99. The molecule has 2 saturated heterocycles. The number of aromatic nitrogens is 4. The Labute approximate surface area is 200 Å². The molecule has 0 spiro atoms. The van der Waals surface area contributed by atoms with Crippen molar-refractivity contribution in [1.82, 2.24) is 24.8 Å². The van der Waals surface area contributed by atoms with Gasteiger partial charge in [0, 0.05) is 42.4 Å². The molecule has 1 saturated carbocycles. The van der Waals surface area contributed by atoms with Gasteiger partial charge in [-0.2, -0.15) is 0 Å². The second-order valence-corrected chi connectivity index (χ2v) is 9.77. The molecule has 2 unspecified atom stereocenters. The number of piperidine rings is 1. The average Bonchev–Trinajstić information content (AvgIpc) is 3.60. The molecule has 10 heteroatoms. The number of aryl methyl sites for hydroxylation is 1. The highest BCUT2D eigenvalue weighted by Crippen LogP contribution is 2.40. The van der Waals surface area contributed by atoms with E-state index >= 15 is 4.39 Å². The van der Waals surface area contributed by atoms with Gasteiger partial charge in [-0.3, -0.25) is 9.78 Å². The standard InChI is InChI=1S/C25H26F2N6O2/c1-32-12-30-19(9-24(32)35)15-8-22(34)16(7-17(15)26)20-10-29-23(11-28-20)33(14-3-4-14)21-6-13-2-5-18(31-13)25(21)27/h7-14,18,21,25,31,34H,2-6H2,1H3/t13-,18+,21?,25?/m1/s1. The summed E-state index contributed by atoms with van der Waals surface area (Å²) in [5.74, 6) is -0.246. The monoisotopic (exact) mass is 480 g/mol. The lowest BCUT2D eigenvalue weighted by atomic mass is 9.96. The van der Waals surface area contributed by atoms with Gasteiger partial charge in [0.05, 0.1) is 36.2 Å². The molecule has 3 aromatic rings. The Kier molecular flexibility index (Phi) is 5.28. The largest absolute Gasteiger partial charge is 0.507 e. The van der Waals surface area contributed by atoms with Crippen molar-refractivity contribution < 1.29 is 13.9 Å². The summed E-state index contributed by atoms with van der Waals surface area (Å²) < 4.78 is 31.5. The van der Waals surface area contributed by atoms with E-state index in [-0.39, 0.29) is 46.3 Å². The van der Waals surface area contributed by atoms with E-state index in [2.05, 4.69) is 25.2 Å². The molecular weight excluding hydrogens is 454 g/mol. The zero-order valence-corrected chi connectivity index (χ0v) is 19.2. The minimum Gasteiger partial charge on any atom is -0.507 e. The number of aromatic hydroxyl groups is 1. The van der Waals surface area contributed by atoms with Gasteiger partial charge in [0.25, 0.3) is 5.56 Å². The Morgan fingerprint density at radius 1 is 1.06 bits per heavy atom. The molecule has 0 amide bonds. The van der Waals surface area contributed by atoms with Crippen LogP contribution in [0.15, 0.2) is 41.7 Å². The minimum absolute atomic E-state index is 0.0166. The lowest BCUT2D eigenvalue weighted by Gasteiger charge is -2.41. The topological polar surface area (TPSA) is 96.2 Å². The van der Waals surface area contributed by atoms with E-state index in [1.165, 1.54) is 29.2 Å². The van der Waals surface area contributed by atoms with Crippen molar-refractivity contribution >= 4 is 5.82 Å². The van der Waals surface area contributed by atoms with Crippen molar-refractivity contribution in [1.29, 1.82) is 0 Å². The maximum atomic E-state index is 15.3. The summed E-state index contributed by atoms with van der Waals surface area (Å²) in [4.78, 5) is 27.1. The van der Waals surface area contributed by atoms with E-state index in [1.807, 2.05) is 0 Å². The predicted molar refractivity (Wildman–Crippen MR) is 126 cm³/mol. The number of hydrogen-bond donors (Lipinski definition) is 2. The molecule has 35 heavy (non-hydrogen) atoms. The van der Waals surface area contributed by atoms with E-state index in [4.69, 9.17) is 0 Å². The smallest absolute Gasteiger partial charge is 0.253 e. The highest BCUT2D eigenvalue weighted by Gasteiger charge is 2.48. The summed E-state index contributed by atoms with van der Waals surface area (Å²) >= 11 is 0. The first kappa shape index (κ1) is 22.1. The van der Waals surface area contributed by atoms with Crippen molar-refractivity contribution in [3.8, 4) is 28.3 Å². The fraction of sp³-hybridized carbons (Fsp3) is 0.440. The normalized spacial score (nSPS) is 25.6. The van der Waals surface area contributed by atoms with Crippen LogP contribution in [0.1, 0.15) is 32.1 Å². The van der Waals surface area contributed by atoms with Crippen LogP contribution in [-0.2, 0) is 7.05 Å². The molecule has 6 rings (SSSR count). The predicted octanol–water partition coefficient (Wildman–Crippen LogP) is 2.95. The van der Waals surface area contributed by atoms with Crippen LogP contribution in [0.3, 0.4) is 0 Å². The van der Waals surface area contributed by atoms with Crippen LogP contribution in [0.2, 0.25) is 0 Å². The van der Waals surface area contributed by atoms with Crippen LogP contribution in [0.4, 0.5) is 14.6 Å². The number of benzene rings is 1. The molecule has 1 aliphatic carbocycles. The maximum Gasteiger partial charge on any atom is 0.253 e. The summed E-state index contributed by atoms with van der Waals surface area (Å²) in [5.41, 5.74) is 0.285. The minimum atomic E-state index is -0.968. The molecule has 8 nitrogen and oxygen atoms in total. The number of anilines is 1. The van der Waals surface area contributed by atoms with Gasteiger partial charge in [-0.1, -0.05) is 0 Å². The molecule has 2 N–H and O–H groups in total. The Bertz CT molecular complexity index is 1330. The van der Waals surface area contributed by atoms with Crippen molar-refractivity contribution in [3.63, 3.8) is 0 Å². The number of hydrogen-bond acceptors (Lipinski definition) is 7. The van der Waals surface area contributed by atoms with Crippen LogP contribution in [0, 0.1) is 5.82 Å². The van der Waals surface area contributed by atoms with Gasteiger partial charge in [-0.15, -0.1) is 0 Å². The number of phenols is 1. The number of halogens is 2. The van der Waals surface area contributed by atoms with Crippen LogP contribution in [0.25, 0.3) is 22.5 Å². The number of nitrogens with zero attached hydrogens (tertiary/aromatic N) is 5. The summed E-state index contributed by atoms with van der Waals surface area (Å²) in [6, 6.07) is 3.85. The zero-order chi connectivity index (χ0) is 24.3. The van der Waals surface area contributed by atoms with Gasteiger partial charge < -0.3 is 19.9 Å². The number of phenolic OH excluding ortho intramolecular Hbond substituents is 1. The molecule has 2 bridgehead atoms. The third-order valence-electron chi connectivity index (χ3n) is 7.37. The van der Waals surface area contributed by atoms with E-state index in [9.17, 15) is 14.3 Å². The Morgan fingerprint density at radius 3 is 2.60 bits per heavy atom. The molecule has 4 atom stereocenters. The fourth-order valence-electron chi connectivity index (χ4n) is 5.39. The Balaban J connectivity index is 1.29. The van der Waals surface area contributed by atoms with Crippen LogP contribution < -0.4 is 15.8 Å². The molecule has 4 heterocycles. The second-order valence-electron chi connectivity index (χ2n) is 9.77. The van der Waals surface area contributed by atoms with Gasteiger partial charge in [0.2, 0.25) is 0 Å². The van der Waals surface area contributed by atoms with E-state index in [0.29, 0.717) is 17.6 Å². The van der Waals surface area contributed by atoms with E-state index in [1.54, 1.807) is 13.2 Å². The van der Waals surface area contributed by atoms with Crippen molar-refractivity contribution in [3.05, 3.63) is 53.1 Å². The van der Waals surface area contributed by atoms with Gasteiger partial charge >= 0.3 is 0 Å². The molecule has 182 valence electrons. The second kappa shape index (κ2) is 8.37. The molecule has 1 aromatic carbocycles. The Hall–Kier alpha value is -3.40. The highest BCUT2D eigenvalue weighted by atomic mass is 19.1. The van der Waals surface area contributed by atoms with Crippen LogP contribution >= 0.6 is 0 Å². The van der Waals surface area contributed by atoms with Crippen molar-refractivity contribution in [2.45, 2.75) is 62.4 Å². The average molecular weight is 481 g/mol. The van der Waals surface area contributed by atoms with Crippen LogP contribution in [-0.4, -0.2) is 55.0 Å². The highest BCUT2D eigenvalue weighted by molar-refractivity contribution is 5.73. The van der Waals surface area contributed by atoms with Gasteiger partial charge in [0.15, 0.2) is 0 Å². The van der Waals surface area contributed by atoms with Gasteiger partial charge in [-0.25, -0.2) is 18.7 Å². The van der Waals surface area contributed by atoms with E-state index in [0.717, 1.165) is 38.2 Å². The quantitative estimate of drug-likeness (QED) is 0.580. The number of fused-ring (bicyclic) bond motifs is 2. The molecular formula is C25H26F2N6O2. The molecule has 3 aliphatic rings. The van der Waals surface area contributed by atoms with Crippen molar-refractivity contribution in [2.75, 3.05) is 4.90 Å². The maximum absolute atomic E-state index is 15.3. The third kappa shape index (κ3) is 3.95. The third-order valence-corrected chi connectivity index (χ3v) is 7.37. The summed E-state index contributed by atoms with van der Waals surface area (Å²) in [5, 5.41) is 14.0. The first-order valence-electron chi connectivity index (χ1n) is 12.0. The van der Waals surface area contributed by atoms with Gasteiger partial charge in [0.1, 0.15) is 23.6 Å². The number of nitrogens with one attached hydrogen (secondary N) is 1. The van der Waals surface area contributed by atoms with E-state index < -0.39 is 12.0 Å². The first-order chi connectivity index (χ1) is 16.9. The lowest BCUT2D eigenvalue weighted by molar-refractivity contribution is 0.171. The molecule has 0 radical (unpaired) electrons. The summed E-state index contributed by atoms with van der Waals surface area (Å²) in [7, 11) is 1.55. The van der Waals surface area contributed by atoms with Crippen LogP contribution in [0.5, 0.6) is 5.75 Å². The van der Waals surface area contributed by atoms with Gasteiger partial charge in [-0.05, 0) is 44.2 Å². The lowest BCUT2D eigenvalue weighted by Crippen LogP contribution is -2.57. The van der Waals surface area contributed by atoms with Crippen molar-refractivity contribution in [2.24, 2.45) is 7.05 Å².